The van der Waals surface area contributed by atoms with Gasteiger partial charge in [0.25, 0.3) is 0 Å². The molecule has 3 heterocycles. The minimum atomic E-state index is -5.06. The third-order valence-electron chi connectivity index (χ3n) is 6.12. The Morgan fingerprint density at radius 1 is 0.976 bits per heavy atom. The largest absolute Gasteiger partial charge is 0.416 e. The number of carbonyl (C=O) groups is 1. The standard InChI is InChI=1S/C27H16ClF6N5O3/c28-19-6-2-1-5-18(19)25-21(20(13-40)37-42-25)24(41)22-23(15-4-3-7-35-11-15)39(38-36-22)12-14-8-16(26(29,30)31)10-17(9-14)27(32,33)34/h1-11,40H,12-13H2. The van der Waals surface area contributed by atoms with Gasteiger partial charge in [0.15, 0.2) is 11.5 Å². The molecule has 2 aromatic carbocycles. The summed E-state index contributed by atoms with van der Waals surface area (Å²) in [5, 5.41) is 21.6. The van der Waals surface area contributed by atoms with E-state index in [1.165, 1.54) is 30.6 Å². The summed E-state index contributed by atoms with van der Waals surface area (Å²) in [6, 6.07) is 10.5. The molecule has 8 nitrogen and oxygen atoms in total. The second kappa shape index (κ2) is 11.0. The smallest absolute Gasteiger partial charge is 0.390 e. The van der Waals surface area contributed by atoms with Crippen molar-refractivity contribution in [3.8, 4) is 22.6 Å². The van der Waals surface area contributed by atoms with E-state index in [4.69, 9.17) is 16.1 Å². The van der Waals surface area contributed by atoms with Gasteiger partial charge in [-0.05, 0) is 48.0 Å². The van der Waals surface area contributed by atoms with Crippen molar-refractivity contribution in [2.75, 3.05) is 0 Å². The van der Waals surface area contributed by atoms with Crippen molar-refractivity contribution < 1.29 is 40.8 Å². The van der Waals surface area contributed by atoms with Gasteiger partial charge >= 0.3 is 12.4 Å². The van der Waals surface area contributed by atoms with Crippen molar-refractivity contribution >= 4 is 17.4 Å². The Balaban J connectivity index is 1.66. The molecule has 0 spiro atoms. The highest BCUT2D eigenvalue weighted by atomic mass is 35.5. The number of benzene rings is 2. The molecule has 5 rings (SSSR count). The van der Waals surface area contributed by atoms with Gasteiger partial charge in [0.2, 0.25) is 5.78 Å². The SMILES string of the molecule is O=C(c1nnn(Cc2cc(C(F)(F)F)cc(C(F)(F)F)c2)c1-c1cccnc1)c1c(CO)noc1-c1ccccc1Cl. The van der Waals surface area contributed by atoms with Crippen molar-refractivity contribution in [3.05, 3.63) is 106 Å². The van der Waals surface area contributed by atoms with Crippen LogP contribution in [-0.4, -0.2) is 36.0 Å². The number of carbonyl (C=O) groups excluding carboxylic acids is 1. The molecule has 0 saturated carbocycles. The fourth-order valence-electron chi connectivity index (χ4n) is 4.26. The molecule has 0 unspecified atom stereocenters. The fourth-order valence-corrected chi connectivity index (χ4v) is 4.48. The predicted molar refractivity (Wildman–Crippen MR) is 135 cm³/mol. The Hall–Kier alpha value is -4.56. The molecular weight excluding hydrogens is 592 g/mol. The highest BCUT2D eigenvalue weighted by Crippen LogP contribution is 2.38. The van der Waals surface area contributed by atoms with Crippen LogP contribution in [0.3, 0.4) is 0 Å². The van der Waals surface area contributed by atoms with Gasteiger partial charge in [0, 0.05) is 23.5 Å². The van der Waals surface area contributed by atoms with Gasteiger partial charge < -0.3 is 9.63 Å². The maximum absolute atomic E-state index is 13.9. The van der Waals surface area contributed by atoms with E-state index >= 15 is 0 Å². The van der Waals surface area contributed by atoms with E-state index < -0.39 is 48.0 Å². The van der Waals surface area contributed by atoms with E-state index in [0.717, 1.165) is 4.68 Å². The van der Waals surface area contributed by atoms with Gasteiger partial charge in [-0.1, -0.05) is 34.1 Å². The Bertz CT molecular complexity index is 1730. The molecule has 0 atom stereocenters. The lowest BCUT2D eigenvalue weighted by Crippen LogP contribution is -2.14. The van der Waals surface area contributed by atoms with E-state index in [-0.39, 0.29) is 50.6 Å². The molecule has 0 aliphatic heterocycles. The van der Waals surface area contributed by atoms with Crippen LogP contribution in [0.1, 0.15) is 38.4 Å². The summed E-state index contributed by atoms with van der Waals surface area (Å²) in [5.41, 5.74) is -3.68. The average Bonchev–Trinajstić information content (AvgIpc) is 3.57. The number of aliphatic hydroxyl groups excluding tert-OH is 1. The van der Waals surface area contributed by atoms with Crippen LogP contribution in [0, 0.1) is 0 Å². The van der Waals surface area contributed by atoms with E-state index in [0.29, 0.717) is 12.1 Å². The topological polar surface area (TPSA) is 107 Å². The Labute approximate surface area is 237 Å². The van der Waals surface area contributed by atoms with E-state index in [2.05, 4.69) is 20.5 Å². The molecule has 0 amide bonds. The third kappa shape index (κ3) is 5.63. The summed E-state index contributed by atoms with van der Waals surface area (Å²) in [7, 11) is 0. The van der Waals surface area contributed by atoms with Crippen molar-refractivity contribution in [1.82, 2.24) is 25.1 Å². The van der Waals surface area contributed by atoms with Gasteiger partial charge in [0.05, 0.1) is 34.9 Å². The van der Waals surface area contributed by atoms with Crippen LogP contribution in [0.15, 0.2) is 71.5 Å². The molecule has 216 valence electrons. The number of ketones is 1. The van der Waals surface area contributed by atoms with Crippen LogP contribution in [-0.2, 0) is 25.5 Å². The average molecular weight is 608 g/mol. The number of nitrogens with zero attached hydrogens (tertiary/aromatic N) is 5. The summed E-state index contributed by atoms with van der Waals surface area (Å²) < 4.78 is 87.1. The first kappa shape index (κ1) is 29.0. The normalized spacial score (nSPS) is 12.1. The number of halogens is 7. The number of aliphatic hydroxyl groups is 1. The summed E-state index contributed by atoms with van der Waals surface area (Å²) in [5.74, 6) is -0.936. The third-order valence-corrected chi connectivity index (χ3v) is 6.45. The number of pyridine rings is 1. The van der Waals surface area contributed by atoms with Gasteiger partial charge in [-0.25, -0.2) is 4.68 Å². The first-order valence-electron chi connectivity index (χ1n) is 11.9. The van der Waals surface area contributed by atoms with Crippen LogP contribution >= 0.6 is 11.6 Å². The van der Waals surface area contributed by atoms with Crippen molar-refractivity contribution in [3.63, 3.8) is 0 Å². The zero-order valence-electron chi connectivity index (χ0n) is 20.9. The van der Waals surface area contributed by atoms with Crippen molar-refractivity contribution in [2.45, 2.75) is 25.5 Å². The molecule has 0 saturated heterocycles. The molecule has 0 fully saturated rings. The van der Waals surface area contributed by atoms with Gasteiger partial charge in [-0.15, -0.1) is 5.10 Å². The summed E-state index contributed by atoms with van der Waals surface area (Å²) >= 11 is 6.28. The first-order valence-corrected chi connectivity index (χ1v) is 12.3. The first-order chi connectivity index (χ1) is 19.9. The second-order valence-corrected chi connectivity index (χ2v) is 9.31. The number of rotatable bonds is 7. The maximum Gasteiger partial charge on any atom is 0.416 e. The summed E-state index contributed by atoms with van der Waals surface area (Å²) in [6.07, 6.45) is -7.39. The molecule has 0 aliphatic rings. The quantitative estimate of drug-likeness (QED) is 0.167. The fraction of sp³-hybridized carbons (Fsp3) is 0.148. The lowest BCUT2D eigenvalue weighted by atomic mass is 9.98. The van der Waals surface area contributed by atoms with Gasteiger partial charge in [-0.3, -0.25) is 9.78 Å². The molecule has 0 aliphatic carbocycles. The maximum atomic E-state index is 13.9. The Morgan fingerprint density at radius 2 is 1.67 bits per heavy atom. The molecule has 0 bridgehead atoms. The molecule has 5 aromatic rings. The van der Waals surface area contributed by atoms with E-state index in [9.17, 15) is 36.2 Å². The van der Waals surface area contributed by atoms with Crippen molar-refractivity contribution in [1.29, 1.82) is 0 Å². The number of hydrogen-bond donors (Lipinski definition) is 1. The van der Waals surface area contributed by atoms with Crippen LogP contribution in [0.25, 0.3) is 22.6 Å². The monoisotopic (exact) mass is 607 g/mol. The molecular formula is C27H16ClF6N5O3. The Morgan fingerprint density at radius 3 is 2.26 bits per heavy atom. The lowest BCUT2D eigenvalue weighted by Gasteiger charge is -2.15. The lowest BCUT2D eigenvalue weighted by molar-refractivity contribution is -0.143. The number of aromatic nitrogens is 5. The zero-order chi connectivity index (χ0) is 30.2. The number of alkyl halides is 6. The van der Waals surface area contributed by atoms with Gasteiger partial charge in [-0.2, -0.15) is 26.3 Å². The minimum Gasteiger partial charge on any atom is -0.390 e. The van der Waals surface area contributed by atoms with Gasteiger partial charge in [0.1, 0.15) is 11.4 Å². The molecule has 0 radical (unpaired) electrons. The van der Waals surface area contributed by atoms with Crippen LogP contribution in [0.5, 0.6) is 0 Å². The van der Waals surface area contributed by atoms with E-state index in [1.807, 2.05) is 0 Å². The Kier molecular flexibility index (Phi) is 7.60. The second-order valence-electron chi connectivity index (χ2n) is 8.90. The highest BCUT2D eigenvalue weighted by Gasteiger charge is 2.37. The molecule has 1 N–H and O–H groups in total. The minimum absolute atomic E-state index is 0.0143. The van der Waals surface area contributed by atoms with Crippen LogP contribution in [0.2, 0.25) is 5.02 Å². The summed E-state index contributed by atoms with van der Waals surface area (Å²) in [4.78, 5) is 17.9. The van der Waals surface area contributed by atoms with E-state index in [1.54, 1.807) is 18.2 Å². The summed E-state index contributed by atoms with van der Waals surface area (Å²) in [6.45, 7) is -1.33. The van der Waals surface area contributed by atoms with Crippen LogP contribution < -0.4 is 0 Å². The van der Waals surface area contributed by atoms with Crippen molar-refractivity contribution in [2.24, 2.45) is 0 Å². The highest BCUT2D eigenvalue weighted by molar-refractivity contribution is 6.33. The molecule has 15 heteroatoms. The molecule has 3 aromatic heterocycles. The number of hydrogen-bond acceptors (Lipinski definition) is 7. The molecule has 42 heavy (non-hydrogen) atoms. The zero-order valence-corrected chi connectivity index (χ0v) is 21.7. The predicted octanol–water partition coefficient (Wildman–Crippen LogP) is 6.46. The van der Waals surface area contributed by atoms with Crippen LogP contribution in [0.4, 0.5) is 26.3 Å².